The zero-order valence-corrected chi connectivity index (χ0v) is 17.9. The maximum absolute atomic E-state index is 14.7. The van der Waals surface area contributed by atoms with Gasteiger partial charge in [0.15, 0.2) is 0 Å². The van der Waals surface area contributed by atoms with Crippen molar-refractivity contribution in [3.63, 3.8) is 0 Å². The van der Waals surface area contributed by atoms with Crippen LogP contribution in [0.1, 0.15) is 27.0 Å². The van der Waals surface area contributed by atoms with E-state index in [9.17, 15) is 27.5 Å². The second-order valence-electron chi connectivity index (χ2n) is 7.65. The summed E-state index contributed by atoms with van der Waals surface area (Å²) in [6.45, 7) is -0.262. The molecule has 0 saturated carbocycles. The molecule has 0 bridgehead atoms. The van der Waals surface area contributed by atoms with E-state index in [1.54, 1.807) is 18.2 Å². The van der Waals surface area contributed by atoms with Gasteiger partial charge < -0.3 is 15.1 Å². The molecule has 9 heteroatoms. The van der Waals surface area contributed by atoms with Gasteiger partial charge >= 0.3 is 12.1 Å². The van der Waals surface area contributed by atoms with Crippen LogP contribution in [0.15, 0.2) is 71.6 Å². The minimum atomic E-state index is -4.57. The Bertz CT molecular complexity index is 1170. The highest BCUT2D eigenvalue weighted by atomic mass is 32.2. The van der Waals surface area contributed by atoms with Gasteiger partial charge in [-0.05, 0) is 47.9 Å². The summed E-state index contributed by atoms with van der Waals surface area (Å²) in [6.07, 6.45) is -5.51. The Morgan fingerprint density at radius 3 is 2.36 bits per heavy atom. The van der Waals surface area contributed by atoms with Gasteiger partial charge in [0, 0.05) is 6.54 Å². The number of hydrogen-bond donors (Lipinski definition) is 2. The van der Waals surface area contributed by atoms with Crippen molar-refractivity contribution >= 4 is 23.4 Å². The lowest BCUT2D eigenvalue weighted by molar-refractivity contribution is -0.138. The highest BCUT2D eigenvalue weighted by Gasteiger charge is 2.38. The van der Waals surface area contributed by atoms with E-state index in [-0.39, 0.29) is 29.0 Å². The van der Waals surface area contributed by atoms with Gasteiger partial charge in [-0.3, -0.25) is 0 Å². The fraction of sp³-hybridized carbons (Fsp3) is 0.208. The molecule has 0 aromatic heterocycles. The number of fused-ring (bicyclic) bond motifs is 1. The van der Waals surface area contributed by atoms with Crippen LogP contribution in [-0.2, 0) is 19.1 Å². The Balaban J connectivity index is 1.68. The molecule has 1 aliphatic heterocycles. The molecule has 2 N–H and O–H groups in total. The number of aliphatic hydroxyl groups excluding tert-OH is 1. The van der Waals surface area contributed by atoms with Gasteiger partial charge in [-0.15, -0.1) is 11.8 Å². The number of rotatable bonds is 5. The summed E-state index contributed by atoms with van der Waals surface area (Å²) in [7, 11) is 0. The molecule has 33 heavy (non-hydrogen) atoms. The van der Waals surface area contributed by atoms with E-state index >= 15 is 0 Å². The summed E-state index contributed by atoms with van der Waals surface area (Å²) in [4.78, 5) is 12.7. The molecule has 2 unspecified atom stereocenters. The summed E-state index contributed by atoms with van der Waals surface area (Å²) in [5.74, 6) is -1.59. The topological polar surface area (TPSA) is 60.8 Å². The van der Waals surface area contributed by atoms with Gasteiger partial charge in [-0.25, -0.2) is 9.18 Å². The first-order valence-electron chi connectivity index (χ1n) is 10.0. The largest absolute Gasteiger partial charge is 0.478 e. The van der Waals surface area contributed by atoms with Crippen LogP contribution in [-0.4, -0.2) is 27.7 Å². The zero-order chi connectivity index (χ0) is 23.8. The molecule has 4 nitrogen and oxygen atoms in total. The predicted octanol–water partition coefficient (Wildman–Crippen LogP) is 5.58. The molecule has 0 amide bonds. The van der Waals surface area contributed by atoms with Crippen molar-refractivity contribution in [3.05, 3.63) is 94.8 Å². The maximum Gasteiger partial charge on any atom is 0.416 e. The Labute approximate surface area is 191 Å². The second-order valence-corrected chi connectivity index (χ2v) is 8.90. The number of aliphatic hydroxyl groups is 1. The number of nitrogens with zero attached hydrogens (tertiary/aromatic N) is 1. The van der Waals surface area contributed by atoms with Crippen LogP contribution in [0.3, 0.4) is 0 Å². The van der Waals surface area contributed by atoms with Crippen LogP contribution in [0.2, 0.25) is 0 Å². The highest BCUT2D eigenvalue weighted by molar-refractivity contribution is 8.00. The number of thioether (sulfide) groups is 1. The fourth-order valence-electron chi connectivity index (χ4n) is 3.86. The third kappa shape index (κ3) is 4.84. The molecular weight excluding hydrogens is 458 g/mol. The lowest BCUT2D eigenvalue weighted by Gasteiger charge is -2.41. The third-order valence-corrected chi connectivity index (χ3v) is 6.83. The first kappa shape index (κ1) is 23.1. The summed E-state index contributed by atoms with van der Waals surface area (Å²) in [5, 5.41) is 19.6. The third-order valence-electron chi connectivity index (χ3n) is 5.48. The summed E-state index contributed by atoms with van der Waals surface area (Å²) < 4.78 is 55.2. The number of carboxylic acid groups (broad SMARTS) is 1. The van der Waals surface area contributed by atoms with Crippen LogP contribution in [0.25, 0.3) is 0 Å². The first-order valence-corrected chi connectivity index (χ1v) is 10.9. The maximum atomic E-state index is 14.7. The SMILES string of the molecule is O=C(O)c1ccc(CC2Sc3c(F)cccc3N(Cc3ccccc3C(F)(F)F)C2O)cc1. The van der Waals surface area contributed by atoms with E-state index in [0.29, 0.717) is 11.3 Å². The Kier molecular flexibility index (Phi) is 6.36. The number of halogens is 4. The highest BCUT2D eigenvalue weighted by Crippen LogP contribution is 2.45. The van der Waals surface area contributed by atoms with E-state index in [1.165, 1.54) is 47.4 Å². The standard InChI is InChI=1S/C24H19F4NO3S/c25-18-6-3-7-19-21(18)33-20(12-14-8-10-15(11-9-14)23(31)32)22(30)29(19)13-16-4-1-2-5-17(16)24(26,27)28/h1-11,20,22,30H,12-13H2,(H,31,32). The van der Waals surface area contributed by atoms with Crippen LogP contribution < -0.4 is 4.90 Å². The van der Waals surface area contributed by atoms with Crippen molar-refractivity contribution in [3.8, 4) is 0 Å². The van der Waals surface area contributed by atoms with Gasteiger partial charge in [0.05, 0.1) is 27.0 Å². The van der Waals surface area contributed by atoms with Gasteiger partial charge in [0.25, 0.3) is 0 Å². The first-order chi connectivity index (χ1) is 15.6. The molecule has 172 valence electrons. The summed E-state index contributed by atoms with van der Waals surface area (Å²) in [5.41, 5.74) is 0.302. The van der Waals surface area contributed by atoms with Crippen molar-refractivity contribution in [2.45, 2.75) is 35.5 Å². The average molecular weight is 477 g/mol. The van der Waals surface area contributed by atoms with E-state index in [2.05, 4.69) is 0 Å². The van der Waals surface area contributed by atoms with E-state index in [0.717, 1.165) is 17.8 Å². The molecule has 0 saturated heterocycles. The predicted molar refractivity (Wildman–Crippen MR) is 117 cm³/mol. The molecule has 0 spiro atoms. The van der Waals surface area contributed by atoms with Crippen LogP contribution >= 0.6 is 11.8 Å². The minimum Gasteiger partial charge on any atom is -0.478 e. The summed E-state index contributed by atoms with van der Waals surface area (Å²) in [6, 6.07) is 15.5. The minimum absolute atomic E-state index is 0.0317. The molecule has 0 fully saturated rings. The molecule has 2 atom stereocenters. The van der Waals surface area contributed by atoms with Crippen molar-refractivity contribution in [2.75, 3.05) is 4.90 Å². The lowest BCUT2D eigenvalue weighted by atomic mass is 10.0. The number of aromatic carboxylic acids is 1. The second kappa shape index (κ2) is 9.07. The van der Waals surface area contributed by atoms with Crippen molar-refractivity contribution < 1.29 is 32.6 Å². The van der Waals surface area contributed by atoms with Crippen LogP contribution in [0, 0.1) is 5.82 Å². The molecule has 1 heterocycles. The number of carbonyl (C=O) groups is 1. The Morgan fingerprint density at radius 1 is 1.00 bits per heavy atom. The average Bonchev–Trinajstić information content (AvgIpc) is 2.77. The van der Waals surface area contributed by atoms with Crippen molar-refractivity contribution in [1.29, 1.82) is 0 Å². The van der Waals surface area contributed by atoms with Crippen LogP contribution in [0.5, 0.6) is 0 Å². The molecule has 0 radical (unpaired) electrons. The molecule has 0 aliphatic carbocycles. The number of carboxylic acids is 1. The fourth-order valence-corrected chi connectivity index (χ4v) is 5.19. The smallest absolute Gasteiger partial charge is 0.416 e. The van der Waals surface area contributed by atoms with Crippen LogP contribution in [0.4, 0.5) is 23.2 Å². The Morgan fingerprint density at radius 2 is 1.70 bits per heavy atom. The number of benzene rings is 3. The Hall–Kier alpha value is -3.04. The van der Waals surface area contributed by atoms with Gasteiger partial charge in [0.2, 0.25) is 0 Å². The van der Waals surface area contributed by atoms with E-state index in [1.807, 2.05) is 0 Å². The normalized spacial score (nSPS) is 18.2. The number of anilines is 1. The molecular formula is C24H19F4NO3S. The van der Waals surface area contributed by atoms with Crippen molar-refractivity contribution in [2.24, 2.45) is 0 Å². The quantitative estimate of drug-likeness (QED) is 0.470. The zero-order valence-electron chi connectivity index (χ0n) is 17.1. The lowest BCUT2D eigenvalue weighted by Crippen LogP contribution is -2.46. The molecule has 3 aromatic carbocycles. The summed E-state index contributed by atoms with van der Waals surface area (Å²) >= 11 is 1.12. The van der Waals surface area contributed by atoms with Gasteiger partial charge in [-0.1, -0.05) is 36.4 Å². The number of alkyl halides is 3. The molecule has 3 aromatic rings. The van der Waals surface area contributed by atoms with Crippen molar-refractivity contribution in [1.82, 2.24) is 0 Å². The monoisotopic (exact) mass is 477 g/mol. The van der Waals surface area contributed by atoms with E-state index in [4.69, 9.17) is 5.11 Å². The van der Waals surface area contributed by atoms with Gasteiger partial charge in [0.1, 0.15) is 12.0 Å². The molecule has 4 rings (SSSR count). The molecule has 1 aliphatic rings. The van der Waals surface area contributed by atoms with E-state index < -0.39 is 35.0 Å². The van der Waals surface area contributed by atoms with Gasteiger partial charge in [-0.2, -0.15) is 13.2 Å². The number of hydrogen-bond acceptors (Lipinski definition) is 4.